The van der Waals surface area contributed by atoms with Gasteiger partial charge in [-0.3, -0.25) is 10.1 Å². The number of hydrazone groups is 1. The SMILES string of the molecule is O=C1NC(NN=Cc2ccccc2)=N/C1=C/c1ccc(Cl)cc1. The van der Waals surface area contributed by atoms with Gasteiger partial charge >= 0.3 is 0 Å². The Bertz CT molecular complexity index is 795. The normalized spacial score (nSPS) is 15.8. The van der Waals surface area contributed by atoms with Crippen LogP contribution >= 0.6 is 11.6 Å². The smallest absolute Gasteiger partial charge is 0.276 e. The van der Waals surface area contributed by atoms with E-state index in [1.807, 2.05) is 42.5 Å². The zero-order valence-corrected chi connectivity index (χ0v) is 12.8. The lowest BCUT2D eigenvalue weighted by molar-refractivity contribution is -0.115. The minimum absolute atomic E-state index is 0.280. The van der Waals surface area contributed by atoms with Gasteiger partial charge in [-0.1, -0.05) is 54.1 Å². The third kappa shape index (κ3) is 4.05. The van der Waals surface area contributed by atoms with Gasteiger partial charge in [-0.05, 0) is 29.3 Å². The van der Waals surface area contributed by atoms with Crippen molar-refractivity contribution in [3.8, 4) is 0 Å². The first kappa shape index (κ1) is 15.0. The molecule has 0 unspecified atom stereocenters. The molecule has 0 saturated carbocycles. The van der Waals surface area contributed by atoms with E-state index in [-0.39, 0.29) is 5.91 Å². The Hall–Kier alpha value is -2.92. The van der Waals surface area contributed by atoms with E-state index in [0.29, 0.717) is 16.7 Å². The Balaban J connectivity index is 1.69. The van der Waals surface area contributed by atoms with Crippen LogP contribution in [0.5, 0.6) is 0 Å². The maximum Gasteiger partial charge on any atom is 0.276 e. The minimum atomic E-state index is -0.280. The summed E-state index contributed by atoms with van der Waals surface area (Å²) in [4.78, 5) is 16.1. The first-order chi connectivity index (χ1) is 11.2. The van der Waals surface area contributed by atoms with Gasteiger partial charge in [0.25, 0.3) is 5.91 Å². The van der Waals surface area contributed by atoms with Crippen LogP contribution in [-0.4, -0.2) is 18.1 Å². The molecule has 114 valence electrons. The second-order valence-electron chi connectivity index (χ2n) is 4.78. The number of nitrogens with one attached hydrogen (secondary N) is 2. The van der Waals surface area contributed by atoms with E-state index in [9.17, 15) is 4.79 Å². The second kappa shape index (κ2) is 6.89. The quantitative estimate of drug-likeness (QED) is 0.518. The van der Waals surface area contributed by atoms with Crippen LogP contribution in [0.15, 0.2) is 70.4 Å². The molecule has 2 aromatic carbocycles. The average Bonchev–Trinajstić information content (AvgIpc) is 2.90. The van der Waals surface area contributed by atoms with E-state index in [2.05, 4.69) is 20.8 Å². The molecule has 1 aliphatic rings. The van der Waals surface area contributed by atoms with Crippen LogP contribution in [0.25, 0.3) is 6.08 Å². The van der Waals surface area contributed by atoms with Crippen molar-refractivity contribution < 1.29 is 4.79 Å². The van der Waals surface area contributed by atoms with Crippen molar-refractivity contribution in [2.75, 3.05) is 0 Å². The average molecular weight is 325 g/mol. The number of halogens is 1. The predicted octanol–water partition coefficient (Wildman–Crippen LogP) is 2.79. The Morgan fingerprint density at radius 1 is 1.04 bits per heavy atom. The molecule has 0 fully saturated rings. The molecule has 3 rings (SSSR count). The molecular weight excluding hydrogens is 312 g/mol. The van der Waals surface area contributed by atoms with E-state index in [0.717, 1.165) is 11.1 Å². The second-order valence-corrected chi connectivity index (χ2v) is 5.21. The molecule has 2 N–H and O–H groups in total. The molecular formula is C17H13ClN4O. The molecule has 0 atom stereocenters. The van der Waals surface area contributed by atoms with Crippen molar-refractivity contribution in [3.05, 3.63) is 76.4 Å². The topological polar surface area (TPSA) is 65.8 Å². The number of rotatable bonds is 3. The molecule has 23 heavy (non-hydrogen) atoms. The fourth-order valence-electron chi connectivity index (χ4n) is 1.95. The highest BCUT2D eigenvalue weighted by Crippen LogP contribution is 2.14. The molecule has 5 nitrogen and oxygen atoms in total. The molecule has 0 bridgehead atoms. The summed E-state index contributed by atoms with van der Waals surface area (Å²) in [6.45, 7) is 0. The molecule has 0 radical (unpaired) electrons. The largest absolute Gasteiger partial charge is 0.289 e. The van der Waals surface area contributed by atoms with Crippen LogP contribution in [0.3, 0.4) is 0 Å². The summed E-state index contributed by atoms with van der Waals surface area (Å²) in [5.74, 6) is 0.0137. The molecule has 0 aliphatic carbocycles. The van der Waals surface area contributed by atoms with Gasteiger partial charge < -0.3 is 0 Å². The lowest BCUT2D eigenvalue weighted by Gasteiger charge is -1.97. The molecule has 1 heterocycles. The molecule has 1 amide bonds. The Labute approximate surface area is 138 Å². The molecule has 2 aromatic rings. The van der Waals surface area contributed by atoms with Gasteiger partial charge in [-0.15, -0.1) is 0 Å². The number of nitrogens with zero attached hydrogens (tertiary/aromatic N) is 2. The lowest BCUT2D eigenvalue weighted by Crippen LogP contribution is -2.33. The van der Waals surface area contributed by atoms with Crippen LogP contribution in [0, 0.1) is 0 Å². The van der Waals surface area contributed by atoms with Crippen molar-refractivity contribution in [1.82, 2.24) is 10.7 Å². The minimum Gasteiger partial charge on any atom is -0.289 e. The first-order valence-electron chi connectivity index (χ1n) is 6.92. The monoisotopic (exact) mass is 324 g/mol. The van der Waals surface area contributed by atoms with Crippen LogP contribution < -0.4 is 10.7 Å². The molecule has 0 saturated heterocycles. The first-order valence-corrected chi connectivity index (χ1v) is 7.30. The number of guanidine groups is 1. The van der Waals surface area contributed by atoms with E-state index in [1.165, 1.54) is 0 Å². The maximum absolute atomic E-state index is 11.9. The van der Waals surface area contributed by atoms with Gasteiger partial charge in [0.05, 0.1) is 6.21 Å². The van der Waals surface area contributed by atoms with E-state index < -0.39 is 0 Å². The fraction of sp³-hybridized carbons (Fsp3) is 0. The summed E-state index contributed by atoms with van der Waals surface area (Å²) in [6, 6.07) is 16.8. The third-order valence-corrected chi connectivity index (χ3v) is 3.31. The third-order valence-electron chi connectivity index (χ3n) is 3.05. The maximum atomic E-state index is 11.9. The Morgan fingerprint density at radius 2 is 1.78 bits per heavy atom. The van der Waals surface area contributed by atoms with Crippen molar-refractivity contribution in [2.24, 2.45) is 10.1 Å². The number of carbonyl (C=O) groups is 1. The number of hydrogen-bond donors (Lipinski definition) is 2. The summed E-state index contributed by atoms with van der Waals surface area (Å²) < 4.78 is 0. The molecule has 1 aliphatic heterocycles. The van der Waals surface area contributed by atoms with Crippen LogP contribution in [0.2, 0.25) is 5.02 Å². The van der Waals surface area contributed by atoms with Gasteiger partial charge in [-0.2, -0.15) is 5.10 Å². The highest BCUT2D eigenvalue weighted by Gasteiger charge is 2.19. The van der Waals surface area contributed by atoms with Crippen molar-refractivity contribution in [2.45, 2.75) is 0 Å². The summed E-state index contributed by atoms with van der Waals surface area (Å²) >= 11 is 5.83. The molecule has 0 aromatic heterocycles. The zero-order valence-electron chi connectivity index (χ0n) is 12.0. The van der Waals surface area contributed by atoms with Gasteiger partial charge in [0.1, 0.15) is 5.70 Å². The molecule has 6 heteroatoms. The standard InChI is InChI=1S/C17H13ClN4O/c18-14-8-6-12(7-9-14)10-15-16(23)21-17(20-15)22-19-11-13-4-2-1-3-5-13/h1-11H,(H2,20,21,22,23)/b15-10+,19-11?. The lowest BCUT2D eigenvalue weighted by atomic mass is 10.2. The van der Waals surface area contributed by atoms with Gasteiger partial charge in [0, 0.05) is 5.02 Å². The van der Waals surface area contributed by atoms with Gasteiger partial charge in [-0.25, -0.2) is 10.4 Å². The number of carbonyl (C=O) groups excluding carboxylic acids is 1. The number of benzene rings is 2. The van der Waals surface area contributed by atoms with Crippen molar-refractivity contribution in [1.29, 1.82) is 0 Å². The highest BCUT2D eigenvalue weighted by atomic mass is 35.5. The Morgan fingerprint density at radius 3 is 2.52 bits per heavy atom. The van der Waals surface area contributed by atoms with Gasteiger partial charge in [0.15, 0.2) is 0 Å². The molecule has 0 spiro atoms. The zero-order chi connectivity index (χ0) is 16.1. The van der Waals surface area contributed by atoms with Crippen molar-refractivity contribution in [3.63, 3.8) is 0 Å². The Kier molecular flexibility index (Phi) is 4.49. The summed E-state index contributed by atoms with van der Waals surface area (Å²) in [5, 5.41) is 7.30. The van der Waals surface area contributed by atoms with E-state index in [4.69, 9.17) is 11.6 Å². The fourth-order valence-corrected chi connectivity index (χ4v) is 2.07. The summed E-state index contributed by atoms with van der Waals surface area (Å²) in [7, 11) is 0. The van der Waals surface area contributed by atoms with Crippen molar-refractivity contribution >= 4 is 35.8 Å². The number of aliphatic imine (C=N–C) groups is 1. The number of amides is 1. The number of hydrogen-bond acceptors (Lipinski definition) is 4. The highest BCUT2D eigenvalue weighted by molar-refractivity contribution is 6.30. The van der Waals surface area contributed by atoms with Crippen LogP contribution in [0.4, 0.5) is 0 Å². The van der Waals surface area contributed by atoms with Crippen LogP contribution in [-0.2, 0) is 4.79 Å². The predicted molar refractivity (Wildman–Crippen MR) is 92.2 cm³/mol. The van der Waals surface area contributed by atoms with Crippen LogP contribution in [0.1, 0.15) is 11.1 Å². The van der Waals surface area contributed by atoms with E-state index in [1.54, 1.807) is 24.4 Å². The van der Waals surface area contributed by atoms with E-state index >= 15 is 0 Å². The van der Waals surface area contributed by atoms with Gasteiger partial charge in [0.2, 0.25) is 5.96 Å². The summed E-state index contributed by atoms with van der Waals surface area (Å²) in [5.41, 5.74) is 4.81. The summed E-state index contributed by atoms with van der Waals surface area (Å²) in [6.07, 6.45) is 3.33.